The number of rotatable bonds is 5. The highest BCUT2D eigenvalue weighted by Crippen LogP contribution is 2.25. The van der Waals surface area contributed by atoms with Crippen LogP contribution in [0.15, 0.2) is 72.9 Å². The largest absolute Gasteiger partial charge is 0.439 e. The molecule has 7 nitrogen and oxygen atoms in total. The van der Waals surface area contributed by atoms with Gasteiger partial charge in [0.15, 0.2) is 0 Å². The number of hydrogen-bond donors (Lipinski definition) is 3. The first-order valence-corrected chi connectivity index (χ1v) is 9.79. The topological polar surface area (TPSA) is 116 Å². The molecule has 0 bridgehead atoms. The average Bonchev–Trinajstić information content (AvgIpc) is 2.79. The number of nitrogens with two attached hydrogens (primary N) is 2. The highest BCUT2D eigenvalue weighted by Gasteiger charge is 2.15. The predicted molar refractivity (Wildman–Crippen MR) is 122 cm³/mol. The van der Waals surface area contributed by atoms with Crippen LogP contribution < -0.4 is 21.5 Å². The van der Waals surface area contributed by atoms with Crippen LogP contribution in [0.2, 0.25) is 5.02 Å². The first-order chi connectivity index (χ1) is 15.4. The van der Waals surface area contributed by atoms with Crippen LogP contribution in [-0.2, 0) is 0 Å². The van der Waals surface area contributed by atoms with Gasteiger partial charge in [0.1, 0.15) is 17.4 Å². The fraction of sp³-hybridized carbons (Fsp3) is 0. The van der Waals surface area contributed by atoms with Gasteiger partial charge in [-0.15, -0.1) is 0 Å². The van der Waals surface area contributed by atoms with Crippen LogP contribution in [-0.4, -0.2) is 15.9 Å². The average molecular weight is 450 g/mol. The second kappa shape index (κ2) is 8.91. The number of aromatic nitrogens is 2. The van der Waals surface area contributed by atoms with Crippen LogP contribution in [0, 0.1) is 5.82 Å². The van der Waals surface area contributed by atoms with E-state index in [4.69, 9.17) is 27.8 Å². The normalized spacial score (nSPS) is 10.6. The molecule has 160 valence electrons. The third kappa shape index (κ3) is 4.76. The first kappa shape index (κ1) is 21.1. The Morgan fingerprint density at radius 1 is 1.00 bits per heavy atom. The lowest BCUT2D eigenvalue weighted by Crippen LogP contribution is -2.14. The van der Waals surface area contributed by atoms with Crippen molar-refractivity contribution in [2.75, 3.05) is 16.8 Å². The second-order valence-corrected chi connectivity index (χ2v) is 7.20. The number of hydrogen-bond acceptors (Lipinski definition) is 6. The van der Waals surface area contributed by atoms with Gasteiger partial charge < -0.3 is 21.5 Å². The van der Waals surface area contributed by atoms with Crippen LogP contribution in [0.25, 0.3) is 11.3 Å². The van der Waals surface area contributed by atoms with E-state index < -0.39 is 11.7 Å². The van der Waals surface area contributed by atoms with E-state index in [2.05, 4.69) is 15.3 Å². The van der Waals surface area contributed by atoms with Gasteiger partial charge in [0.2, 0.25) is 5.88 Å². The maximum absolute atomic E-state index is 14.4. The Morgan fingerprint density at radius 3 is 2.47 bits per heavy atom. The van der Waals surface area contributed by atoms with Crippen molar-refractivity contribution < 1.29 is 13.9 Å². The summed E-state index contributed by atoms with van der Waals surface area (Å²) in [6.07, 6.45) is 1.47. The standard InChI is InChI=1S/C23H17ClFN5O2/c24-14-2-10-21(28-12-14)32-16-5-3-15(4-6-16)29-23(31)17-11-13(1-7-18(17)25)20-9-8-19(26)22(27)30-20/h1-12H,26H2,(H2,27,30)(H,29,31). The zero-order valence-electron chi connectivity index (χ0n) is 16.5. The maximum Gasteiger partial charge on any atom is 0.258 e. The summed E-state index contributed by atoms with van der Waals surface area (Å²) in [4.78, 5) is 20.9. The Kier molecular flexibility index (Phi) is 5.87. The van der Waals surface area contributed by atoms with Crippen molar-refractivity contribution in [1.29, 1.82) is 0 Å². The molecule has 0 saturated heterocycles. The van der Waals surface area contributed by atoms with Crippen LogP contribution >= 0.6 is 11.6 Å². The van der Waals surface area contributed by atoms with Gasteiger partial charge in [-0.25, -0.2) is 14.4 Å². The minimum atomic E-state index is -0.663. The Hall–Kier alpha value is -4.17. The van der Waals surface area contributed by atoms with Gasteiger partial charge in [-0.1, -0.05) is 11.6 Å². The van der Waals surface area contributed by atoms with E-state index in [9.17, 15) is 9.18 Å². The minimum absolute atomic E-state index is 0.134. The number of nitrogens with one attached hydrogen (secondary N) is 1. The summed E-state index contributed by atoms with van der Waals surface area (Å²) in [6.45, 7) is 0. The number of nitrogens with zero attached hydrogens (tertiary/aromatic N) is 2. The SMILES string of the molecule is Nc1ccc(-c2ccc(F)c(C(=O)Nc3ccc(Oc4ccc(Cl)cn4)cc3)c2)nc1N. The van der Waals surface area contributed by atoms with Crippen LogP contribution in [0.4, 0.5) is 21.6 Å². The summed E-state index contributed by atoms with van der Waals surface area (Å²) in [5.74, 6) is -0.224. The number of nitrogen functional groups attached to an aromatic ring is 2. The summed E-state index contributed by atoms with van der Waals surface area (Å²) in [7, 11) is 0. The summed E-state index contributed by atoms with van der Waals surface area (Å²) in [6, 6.07) is 17.2. The number of carbonyl (C=O) groups excluding carboxylic acids is 1. The van der Waals surface area contributed by atoms with Crippen molar-refractivity contribution >= 4 is 34.7 Å². The lowest BCUT2D eigenvalue weighted by molar-refractivity contribution is 0.102. The molecule has 0 aliphatic heterocycles. The van der Waals surface area contributed by atoms with E-state index >= 15 is 0 Å². The molecule has 0 aliphatic carbocycles. The van der Waals surface area contributed by atoms with Gasteiger partial charge in [-0.05, 0) is 60.7 Å². The van der Waals surface area contributed by atoms with Crippen molar-refractivity contribution in [2.45, 2.75) is 0 Å². The molecule has 32 heavy (non-hydrogen) atoms. The second-order valence-electron chi connectivity index (χ2n) is 6.76. The monoisotopic (exact) mass is 449 g/mol. The first-order valence-electron chi connectivity index (χ1n) is 9.42. The lowest BCUT2D eigenvalue weighted by atomic mass is 10.1. The third-order valence-electron chi connectivity index (χ3n) is 4.50. The fourth-order valence-corrected chi connectivity index (χ4v) is 2.96. The molecule has 0 unspecified atom stereocenters. The lowest BCUT2D eigenvalue weighted by Gasteiger charge is -2.10. The summed E-state index contributed by atoms with van der Waals surface area (Å²) in [5, 5.41) is 3.17. The number of carbonyl (C=O) groups is 1. The van der Waals surface area contributed by atoms with Gasteiger partial charge in [-0.3, -0.25) is 4.79 Å². The van der Waals surface area contributed by atoms with Gasteiger partial charge in [0, 0.05) is 23.5 Å². The Bertz CT molecular complexity index is 1280. The molecule has 2 heterocycles. The molecule has 0 aliphatic rings. The van der Waals surface area contributed by atoms with Gasteiger partial charge >= 0.3 is 0 Å². The molecule has 5 N–H and O–H groups in total. The molecular weight excluding hydrogens is 433 g/mol. The number of benzene rings is 2. The van der Waals surface area contributed by atoms with E-state index in [-0.39, 0.29) is 11.4 Å². The van der Waals surface area contributed by atoms with Crippen LogP contribution in [0.1, 0.15) is 10.4 Å². The van der Waals surface area contributed by atoms with Crippen molar-refractivity contribution in [2.24, 2.45) is 0 Å². The van der Waals surface area contributed by atoms with E-state index in [1.807, 2.05) is 0 Å². The maximum atomic E-state index is 14.4. The van der Waals surface area contributed by atoms with Crippen molar-refractivity contribution in [3.05, 3.63) is 89.3 Å². The number of halogens is 2. The molecule has 0 atom stereocenters. The van der Waals surface area contributed by atoms with Gasteiger partial charge in [0.05, 0.1) is 22.0 Å². The van der Waals surface area contributed by atoms with Gasteiger partial charge in [-0.2, -0.15) is 0 Å². The molecule has 2 aromatic heterocycles. The Labute approximate surface area is 187 Å². The fourth-order valence-electron chi connectivity index (χ4n) is 2.85. The Morgan fingerprint density at radius 2 is 1.78 bits per heavy atom. The predicted octanol–water partition coefficient (Wildman–Crippen LogP) is 5.15. The molecule has 0 saturated carbocycles. The molecule has 0 radical (unpaired) electrons. The quantitative estimate of drug-likeness (QED) is 0.388. The zero-order chi connectivity index (χ0) is 22.7. The van der Waals surface area contributed by atoms with E-state index in [0.29, 0.717) is 39.3 Å². The molecule has 9 heteroatoms. The molecule has 2 aromatic carbocycles. The van der Waals surface area contributed by atoms with Crippen molar-refractivity contribution in [1.82, 2.24) is 9.97 Å². The highest BCUT2D eigenvalue weighted by atomic mass is 35.5. The van der Waals surface area contributed by atoms with Gasteiger partial charge in [0.25, 0.3) is 5.91 Å². The van der Waals surface area contributed by atoms with E-state index in [1.54, 1.807) is 48.5 Å². The third-order valence-corrected chi connectivity index (χ3v) is 4.72. The van der Waals surface area contributed by atoms with Crippen LogP contribution in [0.5, 0.6) is 11.6 Å². The molecule has 0 fully saturated rings. The summed E-state index contributed by atoms with van der Waals surface area (Å²) >= 11 is 5.80. The molecule has 0 spiro atoms. The van der Waals surface area contributed by atoms with E-state index in [1.165, 1.54) is 24.4 Å². The van der Waals surface area contributed by atoms with Crippen molar-refractivity contribution in [3.8, 4) is 22.9 Å². The summed E-state index contributed by atoms with van der Waals surface area (Å²) in [5.41, 5.74) is 13.1. The molecule has 4 aromatic rings. The molecule has 1 amide bonds. The van der Waals surface area contributed by atoms with E-state index in [0.717, 1.165) is 0 Å². The zero-order valence-corrected chi connectivity index (χ0v) is 17.3. The van der Waals surface area contributed by atoms with Crippen molar-refractivity contribution in [3.63, 3.8) is 0 Å². The highest BCUT2D eigenvalue weighted by molar-refractivity contribution is 6.30. The number of amides is 1. The summed E-state index contributed by atoms with van der Waals surface area (Å²) < 4.78 is 20.0. The molecular formula is C23H17ClFN5O2. The smallest absolute Gasteiger partial charge is 0.258 e. The number of anilines is 3. The number of ether oxygens (including phenoxy) is 1. The Balaban J connectivity index is 1.49. The van der Waals surface area contributed by atoms with Crippen LogP contribution in [0.3, 0.4) is 0 Å². The minimum Gasteiger partial charge on any atom is -0.439 e. The number of pyridine rings is 2. The molecule has 4 rings (SSSR count).